The minimum Gasteiger partial charge on any atom is -0.377 e. The summed E-state index contributed by atoms with van der Waals surface area (Å²) in [6.45, 7) is 11.9. The second-order valence-corrected chi connectivity index (χ2v) is 10.9. The fourth-order valence-corrected chi connectivity index (χ4v) is 4.96. The summed E-state index contributed by atoms with van der Waals surface area (Å²) < 4.78 is 0. The van der Waals surface area contributed by atoms with Crippen LogP contribution in [-0.4, -0.2) is 21.8 Å². The highest BCUT2D eigenvalue weighted by Gasteiger charge is 2.43. The van der Waals surface area contributed by atoms with Crippen LogP contribution in [0.15, 0.2) is 109 Å². The van der Waals surface area contributed by atoms with Gasteiger partial charge in [0.15, 0.2) is 22.8 Å². The summed E-state index contributed by atoms with van der Waals surface area (Å²) in [6.07, 6.45) is -0.337. The summed E-state index contributed by atoms with van der Waals surface area (Å²) in [5.41, 5.74) is 2.04. The second-order valence-electron chi connectivity index (χ2n) is 10.9. The van der Waals surface area contributed by atoms with Gasteiger partial charge in [-0.2, -0.15) is 0 Å². The summed E-state index contributed by atoms with van der Waals surface area (Å²) in [5, 5.41) is 24.1. The predicted molar refractivity (Wildman–Crippen MR) is 160 cm³/mol. The Labute approximate surface area is 236 Å². The standard InChI is InChI=1S/C36H36O4/c1-24-6-14-29(15-7-24)33(37)35(39,31-18-10-26(3)11-19-31)22-28(5)23-36(40,32-20-12-27(4)13-21-32)34(38)30-16-8-25(2)9-17-30/h6-21,39-40H,5,22-23H2,1-4H3. The number of carbonyl (C=O) groups excluding carboxylic acids is 2. The molecule has 0 aromatic heterocycles. The van der Waals surface area contributed by atoms with Crippen molar-refractivity contribution < 1.29 is 19.8 Å². The molecule has 4 rings (SSSR count). The Morgan fingerprint density at radius 3 is 1.05 bits per heavy atom. The smallest absolute Gasteiger partial charge is 0.199 e. The van der Waals surface area contributed by atoms with E-state index in [1.165, 1.54) is 0 Å². The first kappa shape index (κ1) is 28.9. The van der Waals surface area contributed by atoms with Crippen LogP contribution < -0.4 is 0 Å². The van der Waals surface area contributed by atoms with Gasteiger partial charge in [-0.3, -0.25) is 9.59 Å². The van der Waals surface area contributed by atoms with Crippen molar-refractivity contribution in [3.8, 4) is 0 Å². The fourth-order valence-electron chi connectivity index (χ4n) is 4.96. The van der Waals surface area contributed by atoms with E-state index < -0.39 is 22.8 Å². The van der Waals surface area contributed by atoms with Gasteiger partial charge in [0.2, 0.25) is 0 Å². The molecule has 0 fully saturated rings. The van der Waals surface area contributed by atoms with Crippen molar-refractivity contribution in [3.05, 3.63) is 154 Å². The van der Waals surface area contributed by atoms with Gasteiger partial charge >= 0.3 is 0 Å². The van der Waals surface area contributed by atoms with Gasteiger partial charge in [0.25, 0.3) is 0 Å². The van der Waals surface area contributed by atoms with Gasteiger partial charge in [0.1, 0.15) is 0 Å². The molecule has 4 aromatic rings. The molecule has 0 amide bonds. The highest BCUT2D eigenvalue weighted by molar-refractivity contribution is 6.04. The first-order valence-electron chi connectivity index (χ1n) is 13.4. The molecule has 4 aromatic carbocycles. The largest absolute Gasteiger partial charge is 0.377 e. The van der Waals surface area contributed by atoms with E-state index in [9.17, 15) is 19.8 Å². The minimum absolute atomic E-state index is 0.169. The summed E-state index contributed by atoms with van der Waals surface area (Å²) in [5.74, 6) is -0.942. The Morgan fingerprint density at radius 2 is 0.775 bits per heavy atom. The lowest BCUT2D eigenvalue weighted by Gasteiger charge is -2.32. The Kier molecular flexibility index (Phi) is 8.34. The maximum atomic E-state index is 13.8. The number of aryl methyl sites for hydroxylation is 4. The number of rotatable bonds is 10. The average Bonchev–Trinajstić information content (AvgIpc) is 2.93. The van der Waals surface area contributed by atoms with Gasteiger partial charge in [-0.05, 0) is 38.8 Å². The third-order valence-electron chi connectivity index (χ3n) is 7.45. The van der Waals surface area contributed by atoms with Crippen molar-refractivity contribution in [2.45, 2.75) is 51.7 Å². The molecule has 0 radical (unpaired) electrons. The molecular weight excluding hydrogens is 496 g/mol. The van der Waals surface area contributed by atoms with Crippen molar-refractivity contribution in [1.29, 1.82) is 0 Å². The van der Waals surface area contributed by atoms with Crippen LogP contribution in [0.4, 0.5) is 0 Å². The molecule has 0 heterocycles. The first-order valence-corrected chi connectivity index (χ1v) is 13.4. The molecule has 0 saturated heterocycles. The maximum absolute atomic E-state index is 13.8. The molecule has 0 spiro atoms. The number of ketones is 2. The maximum Gasteiger partial charge on any atom is 0.199 e. The number of benzene rings is 4. The highest BCUT2D eigenvalue weighted by atomic mass is 16.3. The van der Waals surface area contributed by atoms with Crippen molar-refractivity contribution in [2.75, 3.05) is 0 Å². The number of hydrogen-bond donors (Lipinski definition) is 2. The molecule has 0 aliphatic rings. The molecule has 2 N–H and O–H groups in total. The van der Waals surface area contributed by atoms with Gasteiger partial charge in [-0.1, -0.05) is 131 Å². The molecule has 0 saturated carbocycles. The highest BCUT2D eigenvalue weighted by Crippen LogP contribution is 2.38. The Balaban J connectivity index is 1.73. The Morgan fingerprint density at radius 1 is 0.525 bits per heavy atom. The Bertz CT molecular complexity index is 1400. The van der Waals surface area contributed by atoms with E-state index in [-0.39, 0.29) is 12.8 Å². The van der Waals surface area contributed by atoms with Gasteiger partial charge in [0, 0.05) is 24.0 Å². The summed E-state index contributed by atoms with van der Waals surface area (Å²) in [6, 6.07) is 28.4. The number of carbonyl (C=O) groups is 2. The van der Waals surface area contributed by atoms with E-state index in [0.29, 0.717) is 27.8 Å². The first-order chi connectivity index (χ1) is 18.9. The lowest BCUT2D eigenvalue weighted by molar-refractivity contribution is 0.0196. The predicted octanol–water partition coefficient (Wildman–Crippen LogP) is 7.10. The van der Waals surface area contributed by atoms with Gasteiger partial charge in [0.05, 0.1) is 0 Å². The van der Waals surface area contributed by atoms with Crippen molar-refractivity contribution >= 4 is 11.6 Å². The van der Waals surface area contributed by atoms with Crippen molar-refractivity contribution in [1.82, 2.24) is 0 Å². The van der Waals surface area contributed by atoms with E-state index >= 15 is 0 Å². The van der Waals surface area contributed by atoms with Crippen LogP contribution in [0.3, 0.4) is 0 Å². The van der Waals surface area contributed by atoms with E-state index in [2.05, 4.69) is 6.58 Å². The van der Waals surface area contributed by atoms with Crippen LogP contribution in [0.1, 0.15) is 66.9 Å². The second kappa shape index (κ2) is 11.5. The zero-order chi connectivity index (χ0) is 29.1. The average molecular weight is 533 g/mol. The molecular formula is C36H36O4. The van der Waals surface area contributed by atoms with E-state index in [0.717, 1.165) is 22.3 Å². The summed E-state index contributed by atoms with van der Waals surface area (Å²) >= 11 is 0. The van der Waals surface area contributed by atoms with Gasteiger partial charge in [-0.15, -0.1) is 0 Å². The molecule has 4 nitrogen and oxygen atoms in total. The lowest BCUT2D eigenvalue weighted by Crippen LogP contribution is -2.39. The number of hydrogen-bond acceptors (Lipinski definition) is 4. The third-order valence-corrected chi connectivity index (χ3v) is 7.45. The zero-order valence-electron chi connectivity index (χ0n) is 23.6. The zero-order valence-corrected chi connectivity index (χ0v) is 23.6. The van der Waals surface area contributed by atoms with Crippen LogP contribution in [0.2, 0.25) is 0 Å². The summed E-state index contributed by atoms with van der Waals surface area (Å²) in [4.78, 5) is 27.7. The third kappa shape index (κ3) is 6.04. The Hall–Kier alpha value is -4.12. The van der Waals surface area contributed by atoms with E-state index in [1.54, 1.807) is 48.5 Å². The number of aliphatic hydroxyl groups is 2. The van der Waals surface area contributed by atoms with Crippen LogP contribution in [0.25, 0.3) is 0 Å². The van der Waals surface area contributed by atoms with Gasteiger partial charge < -0.3 is 10.2 Å². The molecule has 4 heteroatoms. The monoisotopic (exact) mass is 532 g/mol. The quantitative estimate of drug-likeness (QED) is 0.169. The molecule has 0 bridgehead atoms. The molecule has 0 aliphatic carbocycles. The fraction of sp³-hybridized carbons (Fsp3) is 0.222. The molecule has 0 aliphatic heterocycles. The van der Waals surface area contributed by atoms with Crippen LogP contribution >= 0.6 is 0 Å². The number of Topliss-reactive ketones (excluding diaryl/α,β-unsaturated/α-hetero) is 2. The van der Waals surface area contributed by atoms with Crippen LogP contribution in [-0.2, 0) is 11.2 Å². The van der Waals surface area contributed by atoms with E-state index in [1.807, 2.05) is 76.2 Å². The normalized spacial score (nSPS) is 14.2. The molecule has 204 valence electrons. The SMILES string of the molecule is C=C(CC(O)(C(=O)c1ccc(C)cc1)c1ccc(C)cc1)CC(O)(C(=O)c1ccc(C)cc1)c1ccc(C)cc1. The van der Waals surface area contributed by atoms with Gasteiger partial charge in [-0.25, -0.2) is 0 Å². The summed E-state index contributed by atoms with van der Waals surface area (Å²) in [7, 11) is 0. The van der Waals surface area contributed by atoms with Crippen molar-refractivity contribution in [3.63, 3.8) is 0 Å². The topological polar surface area (TPSA) is 74.6 Å². The molecule has 2 unspecified atom stereocenters. The van der Waals surface area contributed by atoms with Crippen molar-refractivity contribution in [2.24, 2.45) is 0 Å². The molecule has 2 atom stereocenters. The minimum atomic E-state index is -1.94. The van der Waals surface area contributed by atoms with Crippen LogP contribution in [0.5, 0.6) is 0 Å². The van der Waals surface area contributed by atoms with Crippen LogP contribution in [0, 0.1) is 27.7 Å². The van der Waals surface area contributed by atoms with E-state index in [4.69, 9.17) is 0 Å². The molecule has 40 heavy (non-hydrogen) atoms. The lowest BCUT2D eigenvalue weighted by atomic mass is 9.76.